The zero-order valence-corrected chi connectivity index (χ0v) is 16.2. The molecular weight excluding hydrogens is 352 g/mol. The molecule has 1 N–H and O–H groups in total. The third kappa shape index (κ3) is 4.04. The fourth-order valence-electron chi connectivity index (χ4n) is 4.24. The number of aliphatic hydroxyl groups excluding tert-OH is 1. The molecule has 1 heterocycles. The maximum atomic E-state index is 13.3. The van der Waals surface area contributed by atoms with Gasteiger partial charge in [-0.1, -0.05) is 42.5 Å². The number of aliphatic hydroxyl groups is 1. The predicted octanol–water partition coefficient (Wildman–Crippen LogP) is 2.95. The number of hydrogen-bond acceptors (Lipinski definition) is 3. The summed E-state index contributed by atoms with van der Waals surface area (Å²) in [5, 5.41) is 11.6. The summed E-state index contributed by atoms with van der Waals surface area (Å²) in [5.74, 6) is 0.175. The lowest BCUT2D eigenvalue weighted by Gasteiger charge is -2.35. The van der Waals surface area contributed by atoms with Crippen molar-refractivity contribution in [2.75, 3.05) is 19.7 Å². The Bertz CT molecular complexity index is 857. The number of fused-ring (bicyclic) bond motifs is 1. The minimum Gasteiger partial charge on any atom is -0.396 e. The highest BCUT2D eigenvalue weighted by Crippen LogP contribution is 2.32. The van der Waals surface area contributed by atoms with Crippen LogP contribution in [0.1, 0.15) is 37.7 Å². The van der Waals surface area contributed by atoms with E-state index in [-0.39, 0.29) is 24.3 Å². The molecule has 1 aliphatic heterocycles. The number of carbonyl (C=O) groups is 2. The van der Waals surface area contributed by atoms with Crippen molar-refractivity contribution >= 4 is 22.6 Å². The lowest BCUT2D eigenvalue weighted by Crippen LogP contribution is -2.48. The maximum Gasteiger partial charge on any atom is 0.227 e. The first kappa shape index (κ1) is 18.9. The molecule has 28 heavy (non-hydrogen) atoms. The van der Waals surface area contributed by atoms with Crippen molar-refractivity contribution in [3.05, 3.63) is 48.0 Å². The standard InChI is InChI=1S/C23H28N2O3/c26-14-4-13-24(15-18-7-3-6-17-5-1-2-8-21(17)18)23(28)19-9-12-22(27)25(16-19)20-10-11-20/h1-3,5-8,19-20,26H,4,9-16H2/t19-/m0/s1. The number of piperidine rings is 1. The second kappa shape index (κ2) is 8.31. The van der Waals surface area contributed by atoms with Crippen molar-refractivity contribution < 1.29 is 14.7 Å². The Hall–Kier alpha value is -2.40. The van der Waals surface area contributed by atoms with Crippen LogP contribution in [0.25, 0.3) is 10.8 Å². The zero-order chi connectivity index (χ0) is 19.5. The van der Waals surface area contributed by atoms with Gasteiger partial charge in [0.1, 0.15) is 0 Å². The normalized spacial score (nSPS) is 19.8. The topological polar surface area (TPSA) is 60.9 Å². The molecule has 2 fully saturated rings. The summed E-state index contributed by atoms with van der Waals surface area (Å²) < 4.78 is 0. The van der Waals surface area contributed by atoms with E-state index < -0.39 is 0 Å². The lowest BCUT2D eigenvalue weighted by molar-refractivity contribution is -0.144. The van der Waals surface area contributed by atoms with Crippen molar-refractivity contribution in [3.8, 4) is 0 Å². The van der Waals surface area contributed by atoms with Crippen molar-refractivity contribution in [1.29, 1.82) is 0 Å². The third-order valence-electron chi connectivity index (χ3n) is 5.92. The Morgan fingerprint density at radius 1 is 1.11 bits per heavy atom. The van der Waals surface area contributed by atoms with Gasteiger partial charge in [0, 0.05) is 38.7 Å². The number of likely N-dealkylation sites (tertiary alicyclic amines) is 1. The van der Waals surface area contributed by atoms with Crippen LogP contribution in [0.5, 0.6) is 0 Å². The molecule has 2 aromatic rings. The molecule has 0 bridgehead atoms. The fraction of sp³-hybridized carbons (Fsp3) is 0.478. The molecule has 2 amide bonds. The molecule has 4 rings (SSSR count). The van der Waals surface area contributed by atoms with Gasteiger partial charge in [0.2, 0.25) is 11.8 Å². The molecule has 148 valence electrons. The zero-order valence-electron chi connectivity index (χ0n) is 16.2. The van der Waals surface area contributed by atoms with E-state index in [0.717, 1.165) is 29.2 Å². The predicted molar refractivity (Wildman–Crippen MR) is 109 cm³/mol. The van der Waals surface area contributed by atoms with E-state index in [1.807, 2.05) is 28.0 Å². The largest absolute Gasteiger partial charge is 0.396 e. The van der Waals surface area contributed by atoms with Gasteiger partial charge in [-0.3, -0.25) is 9.59 Å². The molecule has 0 radical (unpaired) electrons. The number of benzene rings is 2. The Balaban J connectivity index is 1.53. The molecule has 1 atom stereocenters. The summed E-state index contributed by atoms with van der Waals surface area (Å²) in [6, 6.07) is 14.7. The third-order valence-corrected chi connectivity index (χ3v) is 5.92. The van der Waals surface area contributed by atoms with Crippen LogP contribution in [0.15, 0.2) is 42.5 Å². The fourth-order valence-corrected chi connectivity index (χ4v) is 4.24. The van der Waals surface area contributed by atoms with Crippen molar-refractivity contribution in [2.24, 2.45) is 5.92 Å². The van der Waals surface area contributed by atoms with E-state index in [1.54, 1.807) is 0 Å². The van der Waals surface area contributed by atoms with Crippen LogP contribution in [0.2, 0.25) is 0 Å². The van der Waals surface area contributed by atoms with Crippen molar-refractivity contribution in [3.63, 3.8) is 0 Å². The van der Waals surface area contributed by atoms with Crippen LogP contribution >= 0.6 is 0 Å². The number of amides is 2. The second-order valence-electron chi connectivity index (χ2n) is 7.99. The van der Waals surface area contributed by atoms with E-state index in [2.05, 4.69) is 24.3 Å². The molecule has 0 spiro atoms. The summed E-state index contributed by atoms with van der Waals surface area (Å²) in [4.78, 5) is 29.3. The Morgan fingerprint density at radius 3 is 2.68 bits per heavy atom. The van der Waals surface area contributed by atoms with Gasteiger partial charge in [0.25, 0.3) is 0 Å². The number of rotatable bonds is 7. The van der Waals surface area contributed by atoms with Crippen LogP contribution in [-0.2, 0) is 16.1 Å². The molecule has 1 saturated carbocycles. The summed E-state index contributed by atoms with van der Waals surface area (Å²) in [7, 11) is 0. The maximum absolute atomic E-state index is 13.3. The molecule has 1 aliphatic carbocycles. The highest BCUT2D eigenvalue weighted by Gasteiger charge is 2.39. The average Bonchev–Trinajstić information content (AvgIpc) is 3.56. The Kier molecular flexibility index (Phi) is 5.62. The van der Waals surface area contributed by atoms with Gasteiger partial charge in [-0.05, 0) is 42.0 Å². The van der Waals surface area contributed by atoms with Crippen LogP contribution in [0.4, 0.5) is 0 Å². The first-order valence-electron chi connectivity index (χ1n) is 10.3. The highest BCUT2D eigenvalue weighted by molar-refractivity contribution is 5.87. The number of hydrogen-bond donors (Lipinski definition) is 1. The molecular formula is C23H28N2O3. The van der Waals surface area contributed by atoms with E-state index in [1.165, 1.54) is 0 Å². The Morgan fingerprint density at radius 2 is 1.89 bits per heavy atom. The van der Waals surface area contributed by atoms with Gasteiger partial charge in [-0.2, -0.15) is 0 Å². The Labute approximate surface area is 165 Å². The molecule has 5 nitrogen and oxygen atoms in total. The highest BCUT2D eigenvalue weighted by atomic mass is 16.3. The van der Waals surface area contributed by atoms with E-state index in [0.29, 0.717) is 44.9 Å². The smallest absolute Gasteiger partial charge is 0.227 e. The summed E-state index contributed by atoms with van der Waals surface area (Å²) >= 11 is 0. The SMILES string of the molecule is O=C([C@H]1CCC(=O)N(C2CC2)C1)N(CCCO)Cc1cccc2ccccc12. The van der Waals surface area contributed by atoms with Crippen LogP contribution < -0.4 is 0 Å². The average molecular weight is 380 g/mol. The van der Waals surface area contributed by atoms with Gasteiger partial charge in [0.05, 0.1) is 5.92 Å². The van der Waals surface area contributed by atoms with Crippen LogP contribution in [0.3, 0.4) is 0 Å². The molecule has 2 aromatic carbocycles. The van der Waals surface area contributed by atoms with E-state index in [4.69, 9.17) is 0 Å². The molecule has 1 saturated heterocycles. The van der Waals surface area contributed by atoms with Crippen LogP contribution in [-0.4, -0.2) is 52.5 Å². The first-order chi connectivity index (χ1) is 13.7. The van der Waals surface area contributed by atoms with Gasteiger partial charge < -0.3 is 14.9 Å². The number of carbonyl (C=O) groups excluding carboxylic acids is 2. The first-order valence-corrected chi connectivity index (χ1v) is 10.3. The molecule has 2 aliphatic rings. The quantitative estimate of drug-likeness (QED) is 0.803. The van der Waals surface area contributed by atoms with Crippen molar-refractivity contribution in [1.82, 2.24) is 9.80 Å². The van der Waals surface area contributed by atoms with E-state index >= 15 is 0 Å². The van der Waals surface area contributed by atoms with Gasteiger partial charge in [-0.15, -0.1) is 0 Å². The van der Waals surface area contributed by atoms with Crippen LogP contribution in [0, 0.1) is 5.92 Å². The molecule has 5 heteroatoms. The minimum absolute atomic E-state index is 0.0661. The molecule has 0 aromatic heterocycles. The van der Waals surface area contributed by atoms with E-state index in [9.17, 15) is 14.7 Å². The second-order valence-corrected chi connectivity index (χ2v) is 7.99. The lowest BCUT2D eigenvalue weighted by atomic mass is 9.95. The summed E-state index contributed by atoms with van der Waals surface area (Å²) in [5.41, 5.74) is 1.12. The monoisotopic (exact) mass is 380 g/mol. The minimum atomic E-state index is -0.132. The summed E-state index contributed by atoms with van der Waals surface area (Å²) in [6.45, 7) is 1.69. The number of nitrogens with zero attached hydrogens (tertiary/aromatic N) is 2. The molecule has 0 unspecified atom stereocenters. The van der Waals surface area contributed by atoms with Gasteiger partial charge in [-0.25, -0.2) is 0 Å². The van der Waals surface area contributed by atoms with Gasteiger partial charge in [0.15, 0.2) is 0 Å². The van der Waals surface area contributed by atoms with Gasteiger partial charge >= 0.3 is 0 Å². The van der Waals surface area contributed by atoms with Crippen molar-refractivity contribution in [2.45, 2.75) is 44.7 Å². The summed E-state index contributed by atoms with van der Waals surface area (Å²) in [6.07, 6.45) is 3.79.